The van der Waals surface area contributed by atoms with E-state index in [1.807, 2.05) is 19.9 Å². The van der Waals surface area contributed by atoms with Gasteiger partial charge in [-0.1, -0.05) is 13.8 Å². The Labute approximate surface area is 199 Å². The quantitative estimate of drug-likeness (QED) is 0.318. The number of nitrogens with zero attached hydrogens (tertiary/aromatic N) is 5. The maximum absolute atomic E-state index is 12.2. The molecule has 11 heteroatoms. The SMILES string of the molecule is CCC(C)C(=O)NC1=CN=CC(c2cnc3n[nH]c(-c4nc5c(C(N)=O)cncc5[nH]4)c3c2)=C=C1. The zero-order valence-corrected chi connectivity index (χ0v) is 19.0. The molecule has 4 aromatic rings. The largest absolute Gasteiger partial charge is 0.365 e. The molecule has 5 N–H and O–H groups in total. The first-order chi connectivity index (χ1) is 16.9. The van der Waals surface area contributed by atoms with E-state index in [4.69, 9.17) is 5.73 Å². The van der Waals surface area contributed by atoms with Crippen LogP contribution in [0.2, 0.25) is 0 Å². The summed E-state index contributed by atoms with van der Waals surface area (Å²) in [5.74, 6) is -0.312. The van der Waals surface area contributed by atoms with E-state index in [1.54, 1.807) is 30.9 Å². The van der Waals surface area contributed by atoms with Crippen LogP contribution in [0.15, 0.2) is 53.4 Å². The molecule has 1 unspecified atom stereocenters. The second kappa shape index (κ2) is 8.81. The van der Waals surface area contributed by atoms with Crippen LogP contribution in [0.3, 0.4) is 0 Å². The lowest BCUT2D eigenvalue weighted by Gasteiger charge is -2.09. The maximum atomic E-state index is 12.2. The summed E-state index contributed by atoms with van der Waals surface area (Å²) >= 11 is 0. The van der Waals surface area contributed by atoms with Crippen molar-refractivity contribution in [2.24, 2.45) is 16.6 Å². The van der Waals surface area contributed by atoms with Gasteiger partial charge in [-0.25, -0.2) is 9.97 Å². The Balaban J connectivity index is 1.52. The van der Waals surface area contributed by atoms with E-state index in [0.29, 0.717) is 44.9 Å². The molecule has 11 nitrogen and oxygen atoms in total. The second-order valence-corrected chi connectivity index (χ2v) is 8.09. The number of H-pyrrole nitrogens is 2. The lowest BCUT2D eigenvalue weighted by molar-refractivity contribution is -0.123. The Morgan fingerprint density at radius 3 is 2.91 bits per heavy atom. The van der Waals surface area contributed by atoms with Crippen LogP contribution in [0, 0.1) is 5.92 Å². The molecule has 0 aliphatic carbocycles. The number of aromatic nitrogens is 6. The predicted molar refractivity (Wildman–Crippen MR) is 131 cm³/mol. The van der Waals surface area contributed by atoms with Gasteiger partial charge in [-0.2, -0.15) is 5.10 Å². The van der Waals surface area contributed by atoms with Gasteiger partial charge in [0.15, 0.2) is 11.5 Å². The number of rotatable bonds is 6. The molecular formula is C24H21N9O2. The standard InChI is InChI=1S/C24H21N9O2/c1-3-12(2)24(35)29-15-5-4-13(7-26-9-15)14-6-16-20(32-33-22(16)28-8-14)23-30-18-11-27-10-17(21(25)34)19(18)31-23/h5-12H,3H2,1-2H3,(H2,25,34)(H,29,35)(H,30,31)(H,28,32,33). The van der Waals surface area contributed by atoms with Gasteiger partial charge in [0.1, 0.15) is 11.2 Å². The number of hydrogen-bond donors (Lipinski definition) is 4. The topological polar surface area (TPSA) is 168 Å². The number of allylic oxidation sites excluding steroid dienone is 1. The molecule has 0 radical (unpaired) electrons. The zero-order valence-electron chi connectivity index (χ0n) is 19.0. The van der Waals surface area contributed by atoms with Crippen molar-refractivity contribution in [1.29, 1.82) is 0 Å². The fourth-order valence-electron chi connectivity index (χ4n) is 3.56. The summed E-state index contributed by atoms with van der Waals surface area (Å²) in [7, 11) is 0. The Morgan fingerprint density at radius 2 is 2.11 bits per heavy atom. The molecule has 0 bridgehead atoms. The van der Waals surface area contributed by atoms with Gasteiger partial charge in [0.2, 0.25) is 5.91 Å². The van der Waals surface area contributed by atoms with E-state index in [0.717, 1.165) is 12.0 Å². The third-order valence-electron chi connectivity index (χ3n) is 5.74. The summed E-state index contributed by atoms with van der Waals surface area (Å²) in [6.07, 6.45) is 10.3. The van der Waals surface area contributed by atoms with Gasteiger partial charge >= 0.3 is 0 Å². The van der Waals surface area contributed by atoms with E-state index in [2.05, 4.69) is 46.2 Å². The molecule has 2 amide bonds. The third-order valence-corrected chi connectivity index (χ3v) is 5.74. The molecule has 1 aliphatic rings. The molecular weight excluding hydrogens is 446 g/mol. The highest BCUT2D eigenvalue weighted by Crippen LogP contribution is 2.28. The number of fused-ring (bicyclic) bond motifs is 2. The first-order valence-corrected chi connectivity index (χ1v) is 10.9. The molecule has 174 valence electrons. The Morgan fingerprint density at radius 1 is 1.26 bits per heavy atom. The third kappa shape index (κ3) is 4.11. The molecule has 35 heavy (non-hydrogen) atoms. The molecule has 0 aromatic carbocycles. The fraction of sp³-hybridized carbons (Fsp3) is 0.167. The number of carbonyl (C=O) groups excluding carboxylic acids is 2. The number of nitrogens with two attached hydrogens (primary N) is 1. The Hall–Kier alpha value is -4.89. The highest BCUT2D eigenvalue weighted by molar-refractivity contribution is 6.11. The Bertz CT molecular complexity index is 1620. The fourth-order valence-corrected chi connectivity index (χ4v) is 3.56. The van der Waals surface area contributed by atoms with Crippen LogP contribution < -0.4 is 11.1 Å². The summed E-state index contributed by atoms with van der Waals surface area (Å²) in [6.45, 7) is 3.83. The summed E-state index contributed by atoms with van der Waals surface area (Å²) in [5.41, 5.74) is 12.9. The number of amides is 2. The van der Waals surface area contributed by atoms with Gasteiger partial charge in [0.25, 0.3) is 5.91 Å². The summed E-state index contributed by atoms with van der Waals surface area (Å²) in [6, 6.07) is 1.90. The monoisotopic (exact) mass is 467 g/mol. The number of nitrogens with one attached hydrogen (secondary N) is 3. The van der Waals surface area contributed by atoms with Crippen molar-refractivity contribution < 1.29 is 9.59 Å². The number of primary amides is 1. The molecule has 0 saturated heterocycles. The van der Waals surface area contributed by atoms with Crippen molar-refractivity contribution >= 4 is 45.7 Å². The zero-order chi connectivity index (χ0) is 24.5. The minimum absolute atomic E-state index is 0.0675. The smallest absolute Gasteiger partial charge is 0.252 e. The van der Waals surface area contributed by atoms with E-state index in [9.17, 15) is 9.59 Å². The van der Waals surface area contributed by atoms with Gasteiger partial charge < -0.3 is 16.0 Å². The van der Waals surface area contributed by atoms with E-state index < -0.39 is 5.91 Å². The average molecular weight is 467 g/mol. The summed E-state index contributed by atoms with van der Waals surface area (Å²) in [4.78, 5) is 44.4. The number of imidazole rings is 1. The van der Waals surface area contributed by atoms with Gasteiger partial charge in [0, 0.05) is 41.7 Å². The average Bonchev–Trinajstić information content (AvgIpc) is 3.41. The number of carbonyl (C=O) groups is 2. The van der Waals surface area contributed by atoms with Crippen molar-refractivity contribution in [1.82, 2.24) is 35.5 Å². The van der Waals surface area contributed by atoms with E-state index >= 15 is 0 Å². The lowest BCUT2D eigenvalue weighted by atomic mass is 10.1. The van der Waals surface area contributed by atoms with Crippen LogP contribution >= 0.6 is 0 Å². The molecule has 0 fully saturated rings. The van der Waals surface area contributed by atoms with Crippen molar-refractivity contribution in [2.45, 2.75) is 20.3 Å². The van der Waals surface area contributed by atoms with Crippen LogP contribution in [0.25, 0.3) is 39.2 Å². The van der Waals surface area contributed by atoms with E-state index in [1.165, 1.54) is 6.20 Å². The van der Waals surface area contributed by atoms with Crippen molar-refractivity contribution in [3.05, 3.63) is 59.5 Å². The molecule has 1 aliphatic heterocycles. The van der Waals surface area contributed by atoms with Crippen LogP contribution in [-0.4, -0.2) is 48.2 Å². The molecule has 5 rings (SSSR count). The molecule has 5 heterocycles. The number of hydrogen-bond acceptors (Lipinski definition) is 7. The minimum Gasteiger partial charge on any atom is -0.365 e. The van der Waals surface area contributed by atoms with Crippen LogP contribution in [-0.2, 0) is 4.79 Å². The molecule has 4 aromatic heterocycles. The number of aliphatic imine (C=N–C) groups is 1. The van der Waals surface area contributed by atoms with Crippen LogP contribution in [0.4, 0.5) is 0 Å². The van der Waals surface area contributed by atoms with Crippen molar-refractivity contribution in [2.75, 3.05) is 0 Å². The normalized spacial score (nSPS) is 14.0. The lowest BCUT2D eigenvalue weighted by Crippen LogP contribution is -2.27. The number of pyridine rings is 2. The molecule has 1 atom stereocenters. The van der Waals surface area contributed by atoms with E-state index in [-0.39, 0.29) is 17.4 Å². The summed E-state index contributed by atoms with van der Waals surface area (Å²) in [5, 5.41) is 10.8. The first kappa shape index (κ1) is 21.9. The maximum Gasteiger partial charge on any atom is 0.252 e. The van der Waals surface area contributed by atoms with Crippen molar-refractivity contribution in [3.63, 3.8) is 0 Å². The second-order valence-electron chi connectivity index (χ2n) is 8.09. The van der Waals surface area contributed by atoms with Crippen molar-refractivity contribution in [3.8, 4) is 11.5 Å². The highest BCUT2D eigenvalue weighted by Gasteiger charge is 2.17. The summed E-state index contributed by atoms with van der Waals surface area (Å²) < 4.78 is 0. The van der Waals surface area contributed by atoms with Gasteiger partial charge in [0.05, 0.1) is 34.6 Å². The van der Waals surface area contributed by atoms with Gasteiger partial charge in [-0.15, -0.1) is 5.73 Å². The van der Waals surface area contributed by atoms with Gasteiger partial charge in [-0.05, 0) is 12.5 Å². The molecule has 0 saturated carbocycles. The van der Waals surface area contributed by atoms with Crippen LogP contribution in [0.5, 0.6) is 0 Å². The predicted octanol–water partition coefficient (Wildman–Crippen LogP) is 2.62. The Kier molecular flexibility index (Phi) is 5.52. The minimum atomic E-state index is -0.612. The highest BCUT2D eigenvalue weighted by atomic mass is 16.2. The first-order valence-electron chi connectivity index (χ1n) is 10.9. The molecule has 0 spiro atoms. The van der Waals surface area contributed by atoms with Crippen LogP contribution in [0.1, 0.15) is 36.2 Å². The number of aromatic amines is 2. The van der Waals surface area contributed by atoms with Gasteiger partial charge in [-0.3, -0.25) is 24.7 Å².